The Bertz CT molecular complexity index is 641. The summed E-state index contributed by atoms with van der Waals surface area (Å²) in [7, 11) is -3.18. The van der Waals surface area contributed by atoms with Crippen LogP contribution in [0.1, 0.15) is 36.3 Å². The Morgan fingerprint density at radius 2 is 1.95 bits per heavy atom. The second-order valence-corrected chi connectivity index (χ2v) is 7.01. The number of carbonyl (C=O) groups is 1. The first-order chi connectivity index (χ1) is 10.1. The van der Waals surface area contributed by atoms with Crippen molar-refractivity contribution in [3.63, 3.8) is 0 Å². The Hall–Kier alpha value is -1.64. The molecule has 0 N–H and O–H groups in total. The fourth-order valence-electron chi connectivity index (χ4n) is 1.57. The van der Waals surface area contributed by atoms with E-state index in [-0.39, 0.29) is 30.1 Å². The number of pyridine rings is 1. The van der Waals surface area contributed by atoms with Gasteiger partial charge in [-0.2, -0.15) is 13.2 Å². The number of hydrogen-bond donors (Lipinski definition) is 0. The van der Waals surface area contributed by atoms with Crippen molar-refractivity contribution < 1.29 is 31.1 Å². The predicted molar refractivity (Wildman–Crippen MR) is 73.7 cm³/mol. The lowest BCUT2D eigenvalue weighted by Crippen LogP contribution is -2.15. The highest BCUT2D eigenvalue weighted by atomic mass is 32.2. The predicted octanol–water partition coefficient (Wildman–Crippen LogP) is 2.51. The number of rotatable bonds is 7. The quantitative estimate of drug-likeness (QED) is 0.564. The van der Waals surface area contributed by atoms with E-state index >= 15 is 0 Å². The van der Waals surface area contributed by atoms with Crippen LogP contribution in [0.2, 0.25) is 0 Å². The molecule has 0 aliphatic heterocycles. The summed E-state index contributed by atoms with van der Waals surface area (Å²) < 4.78 is 65.5. The normalized spacial score (nSPS) is 12.2. The summed E-state index contributed by atoms with van der Waals surface area (Å²) in [6.45, 7) is 2.53. The Kier molecular flexibility index (Phi) is 5.92. The van der Waals surface area contributed by atoms with Gasteiger partial charge in [-0.25, -0.2) is 13.4 Å². The third-order valence-corrected chi connectivity index (χ3v) is 4.60. The molecule has 1 rings (SSSR count). The number of halogens is 3. The molecule has 0 spiro atoms. The number of ketones is 1. The van der Waals surface area contributed by atoms with Gasteiger partial charge in [-0.05, 0) is 25.5 Å². The minimum atomic E-state index is -4.65. The summed E-state index contributed by atoms with van der Waals surface area (Å²) in [5.74, 6) is -1.08. The summed E-state index contributed by atoms with van der Waals surface area (Å²) >= 11 is 0. The van der Waals surface area contributed by atoms with Crippen molar-refractivity contribution in [3.8, 4) is 5.88 Å². The average molecular weight is 339 g/mol. The molecule has 1 aromatic heterocycles. The van der Waals surface area contributed by atoms with E-state index in [9.17, 15) is 26.4 Å². The number of Topliss-reactive ketones (excluding diaryl/α,β-unsaturated/α-hetero) is 1. The van der Waals surface area contributed by atoms with Crippen molar-refractivity contribution >= 4 is 15.6 Å². The largest absolute Gasteiger partial charge is 0.477 e. The van der Waals surface area contributed by atoms with E-state index in [1.807, 2.05) is 0 Å². The molecule has 0 atom stereocenters. The van der Waals surface area contributed by atoms with Crippen molar-refractivity contribution in [1.82, 2.24) is 4.98 Å². The van der Waals surface area contributed by atoms with Gasteiger partial charge in [-0.1, -0.05) is 6.92 Å². The standard InChI is InChI=1S/C13H16F3NO4S/c1-3-22(19,20)8-4-7-21-12-10(9(2)18)5-6-11(17-12)13(14,15)16/h5-6H,3-4,7-8H2,1-2H3. The van der Waals surface area contributed by atoms with Gasteiger partial charge >= 0.3 is 6.18 Å². The van der Waals surface area contributed by atoms with Crippen LogP contribution < -0.4 is 4.74 Å². The maximum atomic E-state index is 12.6. The number of ether oxygens (including phenoxy) is 1. The molecule has 0 fully saturated rings. The molecule has 0 aliphatic carbocycles. The SMILES string of the molecule is CCS(=O)(=O)CCCOc1nc(C(F)(F)F)ccc1C(C)=O. The van der Waals surface area contributed by atoms with Crippen LogP contribution in [0.3, 0.4) is 0 Å². The van der Waals surface area contributed by atoms with Gasteiger partial charge in [0.15, 0.2) is 5.78 Å². The highest BCUT2D eigenvalue weighted by Crippen LogP contribution is 2.30. The molecule has 0 aliphatic rings. The van der Waals surface area contributed by atoms with Crippen molar-refractivity contribution in [2.45, 2.75) is 26.4 Å². The molecule has 0 saturated heterocycles. The molecule has 1 aromatic rings. The van der Waals surface area contributed by atoms with Crippen LogP contribution in [-0.4, -0.2) is 37.3 Å². The number of aromatic nitrogens is 1. The van der Waals surface area contributed by atoms with Crippen LogP contribution in [0.4, 0.5) is 13.2 Å². The van der Waals surface area contributed by atoms with E-state index < -0.39 is 33.4 Å². The van der Waals surface area contributed by atoms with Crippen LogP contribution in [0.15, 0.2) is 12.1 Å². The highest BCUT2D eigenvalue weighted by Gasteiger charge is 2.33. The second-order valence-electron chi connectivity index (χ2n) is 4.54. The van der Waals surface area contributed by atoms with Gasteiger partial charge in [0.05, 0.1) is 17.9 Å². The summed E-state index contributed by atoms with van der Waals surface area (Å²) in [4.78, 5) is 14.7. The van der Waals surface area contributed by atoms with E-state index in [2.05, 4.69) is 4.98 Å². The Balaban J connectivity index is 2.85. The van der Waals surface area contributed by atoms with Crippen LogP contribution in [-0.2, 0) is 16.0 Å². The molecule has 1 heterocycles. The highest BCUT2D eigenvalue weighted by molar-refractivity contribution is 7.91. The van der Waals surface area contributed by atoms with Gasteiger partial charge in [0, 0.05) is 5.75 Å². The van der Waals surface area contributed by atoms with Crippen molar-refractivity contribution in [1.29, 1.82) is 0 Å². The number of hydrogen-bond acceptors (Lipinski definition) is 5. The van der Waals surface area contributed by atoms with Crippen LogP contribution in [0.25, 0.3) is 0 Å². The van der Waals surface area contributed by atoms with E-state index in [1.54, 1.807) is 0 Å². The molecule has 0 amide bonds. The first kappa shape index (κ1) is 18.4. The maximum Gasteiger partial charge on any atom is 0.433 e. The molecular formula is C13H16F3NO4S. The lowest BCUT2D eigenvalue weighted by molar-refractivity contribution is -0.141. The Labute approximate surface area is 126 Å². The van der Waals surface area contributed by atoms with E-state index in [1.165, 1.54) is 13.8 Å². The molecule has 0 saturated carbocycles. The van der Waals surface area contributed by atoms with Crippen molar-refractivity contribution in [2.75, 3.05) is 18.1 Å². The minimum Gasteiger partial charge on any atom is -0.477 e. The summed E-state index contributed by atoms with van der Waals surface area (Å²) in [5.41, 5.74) is -1.25. The topological polar surface area (TPSA) is 73.3 Å². The minimum absolute atomic E-state index is 0.0203. The van der Waals surface area contributed by atoms with Crippen molar-refractivity contribution in [3.05, 3.63) is 23.4 Å². The van der Waals surface area contributed by atoms with E-state index in [0.29, 0.717) is 6.07 Å². The van der Waals surface area contributed by atoms with Crippen LogP contribution in [0, 0.1) is 0 Å². The zero-order chi connectivity index (χ0) is 17.0. The maximum absolute atomic E-state index is 12.6. The summed E-state index contributed by atoms with van der Waals surface area (Å²) in [5, 5.41) is 0. The second kappa shape index (κ2) is 7.08. The van der Waals surface area contributed by atoms with Crippen molar-refractivity contribution in [2.24, 2.45) is 0 Å². The van der Waals surface area contributed by atoms with E-state index in [4.69, 9.17) is 4.74 Å². The zero-order valence-corrected chi connectivity index (χ0v) is 12.9. The van der Waals surface area contributed by atoms with Gasteiger partial charge in [-0.15, -0.1) is 0 Å². The average Bonchev–Trinajstić information content (AvgIpc) is 2.42. The molecule has 0 radical (unpaired) electrons. The van der Waals surface area contributed by atoms with Gasteiger partial charge < -0.3 is 4.74 Å². The first-order valence-electron chi connectivity index (χ1n) is 6.49. The van der Waals surface area contributed by atoms with Gasteiger partial charge in [0.25, 0.3) is 0 Å². The molecule has 5 nitrogen and oxygen atoms in total. The number of nitrogens with zero attached hydrogens (tertiary/aromatic N) is 1. The van der Waals surface area contributed by atoms with Gasteiger partial charge in [0.1, 0.15) is 15.5 Å². The Morgan fingerprint density at radius 1 is 1.32 bits per heavy atom. The molecule has 0 bridgehead atoms. The summed E-state index contributed by atoms with van der Waals surface area (Å²) in [6, 6.07) is 1.70. The Morgan fingerprint density at radius 3 is 2.45 bits per heavy atom. The van der Waals surface area contributed by atoms with E-state index in [0.717, 1.165) is 6.07 Å². The monoisotopic (exact) mass is 339 g/mol. The molecule has 124 valence electrons. The number of sulfone groups is 1. The van der Waals surface area contributed by atoms with Gasteiger partial charge in [0.2, 0.25) is 5.88 Å². The molecule has 9 heteroatoms. The third-order valence-electron chi connectivity index (χ3n) is 2.81. The lowest BCUT2D eigenvalue weighted by atomic mass is 10.2. The zero-order valence-electron chi connectivity index (χ0n) is 12.1. The molecular weight excluding hydrogens is 323 g/mol. The van der Waals surface area contributed by atoms with Crippen LogP contribution >= 0.6 is 0 Å². The number of carbonyl (C=O) groups excluding carboxylic acids is 1. The molecule has 22 heavy (non-hydrogen) atoms. The smallest absolute Gasteiger partial charge is 0.433 e. The first-order valence-corrected chi connectivity index (χ1v) is 8.31. The van der Waals surface area contributed by atoms with Gasteiger partial charge in [-0.3, -0.25) is 4.79 Å². The molecule has 0 aromatic carbocycles. The fourth-order valence-corrected chi connectivity index (χ4v) is 2.41. The third kappa shape index (κ3) is 5.28. The number of alkyl halides is 3. The van der Waals surface area contributed by atoms with Crippen LogP contribution in [0.5, 0.6) is 5.88 Å². The summed E-state index contributed by atoms with van der Waals surface area (Å²) in [6.07, 6.45) is -4.55. The lowest BCUT2D eigenvalue weighted by Gasteiger charge is -2.12. The fraction of sp³-hybridized carbons (Fsp3) is 0.538. The molecule has 0 unspecified atom stereocenters.